The zero-order chi connectivity index (χ0) is 21.1. The van der Waals surface area contributed by atoms with Crippen LogP contribution in [0.1, 0.15) is 21.9 Å². The van der Waals surface area contributed by atoms with Gasteiger partial charge in [0.1, 0.15) is 11.5 Å². The monoisotopic (exact) mass is 420 g/mol. The van der Waals surface area contributed by atoms with Crippen LogP contribution < -0.4 is 10.0 Å². The summed E-state index contributed by atoms with van der Waals surface area (Å²) in [7, 11) is -3.91. The smallest absolute Gasteiger partial charge is 0.306 e. The van der Waals surface area contributed by atoms with E-state index in [1.807, 2.05) is 42.2 Å². The summed E-state index contributed by atoms with van der Waals surface area (Å²) in [6.07, 6.45) is 6.38. The first kappa shape index (κ1) is 19.8. The number of aromatic nitrogens is 2. The zero-order valence-electron chi connectivity index (χ0n) is 16.2. The third kappa shape index (κ3) is 3.96. The molecule has 0 spiro atoms. The Morgan fingerprint density at radius 3 is 2.33 bits per heavy atom. The van der Waals surface area contributed by atoms with Gasteiger partial charge in [-0.05, 0) is 41.8 Å². The van der Waals surface area contributed by atoms with Crippen LogP contribution in [0.5, 0.6) is 0 Å². The van der Waals surface area contributed by atoms with Crippen molar-refractivity contribution in [3.8, 4) is 0 Å². The summed E-state index contributed by atoms with van der Waals surface area (Å²) in [4.78, 5) is 10.2. The first-order valence-corrected chi connectivity index (χ1v) is 10.8. The first-order valence-electron chi connectivity index (χ1n) is 9.22. The van der Waals surface area contributed by atoms with Gasteiger partial charge < -0.3 is 4.42 Å². The molecule has 2 heterocycles. The van der Waals surface area contributed by atoms with E-state index < -0.39 is 15.3 Å². The molecule has 0 bridgehead atoms. The number of rotatable bonds is 6. The van der Waals surface area contributed by atoms with Crippen molar-refractivity contribution in [1.29, 1.82) is 0 Å². The van der Waals surface area contributed by atoms with E-state index in [-0.39, 0.29) is 0 Å². The summed E-state index contributed by atoms with van der Waals surface area (Å²) >= 11 is 0. The number of nitrogens with zero attached hydrogens (tertiary/aromatic N) is 3. The van der Waals surface area contributed by atoms with Gasteiger partial charge in [-0.2, -0.15) is 0 Å². The van der Waals surface area contributed by atoms with E-state index in [2.05, 4.69) is 9.97 Å². The Hall–Kier alpha value is -3.49. The molecular formula is C22H20N4O3S. The van der Waals surface area contributed by atoms with E-state index in [1.165, 1.54) is 6.26 Å². The second kappa shape index (κ2) is 8.10. The number of anilines is 3. The lowest BCUT2D eigenvalue weighted by atomic mass is 10.0. The molecule has 1 atom stereocenters. The minimum absolute atomic E-state index is 0.355. The molecule has 4 aromatic rings. The molecule has 0 radical (unpaired) electrons. The van der Waals surface area contributed by atoms with Gasteiger partial charge in [0.05, 0.1) is 17.6 Å². The molecule has 1 unspecified atom stereocenters. The van der Waals surface area contributed by atoms with Crippen molar-refractivity contribution in [3.05, 3.63) is 102 Å². The van der Waals surface area contributed by atoms with Crippen LogP contribution >= 0.6 is 0 Å². The fraction of sp³-hybridized carbons (Fsp3) is 0.0909. The number of hydrogen-bond donors (Lipinski definition) is 1. The van der Waals surface area contributed by atoms with Gasteiger partial charge in [0.15, 0.2) is 0 Å². The third-order valence-corrected chi connectivity index (χ3v) is 5.94. The van der Waals surface area contributed by atoms with Gasteiger partial charge in [0.2, 0.25) is 10.0 Å². The Kier molecular flexibility index (Phi) is 5.35. The van der Waals surface area contributed by atoms with Crippen molar-refractivity contribution in [3.63, 3.8) is 0 Å². The van der Waals surface area contributed by atoms with Crippen LogP contribution in [0.3, 0.4) is 0 Å². The van der Waals surface area contributed by atoms with Crippen LogP contribution in [0, 0.1) is 6.92 Å². The number of sulfonamides is 1. The highest BCUT2D eigenvalue weighted by Gasteiger charge is 2.27. The van der Waals surface area contributed by atoms with Gasteiger partial charge in [0.25, 0.3) is 0 Å². The summed E-state index contributed by atoms with van der Waals surface area (Å²) in [5.74, 6) is 0. The summed E-state index contributed by atoms with van der Waals surface area (Å²) in [6.45, 7) is 1.94. The van der Waals surface area contributed by atoms with Crippen LogP contribution in [0.4, 0.5) is 17.4 Å². The van der Waals surface area contributed by atoms with Crippen molar-refractivity contribution in [1.82, 2.24) is 9.97 Å². The topological polar surface area (TPSA) is 102 Å². The van der Waals surface area contributed by atoms with Crippen molar-refractivity contribution in [2.75, 3.05) is 4.90 Å². The predicted molar refractivity (Wildman–Crippen MR) is 115 cm³/mol. The van der Waals surface area contributed by atoms with Crippen molar-refractivity contribution in [2.45, 2.75) is 12.2 Å². The molecule has 0 fully saturated rings. The van der Waals surface area contributed by atoms with Gasteiger partial charge in [-0.3, -0.25) is 9.88 Å². The van der Waals surface area contributed by atoms with Crippen LogP contribution in [0.15, 0.2) is 89.9 Å². The van der Waals surface area contributed by atoms with Crippen LogP contribution in [-0.2, 0) is 10.0 Å². The fourth-order valence-electron chi connectivity index (χ4n) is 3.40. The second-order valence-electron chi connectivity index (χ2n) is 6.78. The molecule has 152 valence electrons. The molecule has 0 aliphatic rings. The van der Waals surface area contributed by atoms with Crippen LogP contribution in [-0.4, -0.2) is 18.4 Å². The van der Waals surface area contributed by atoms with Gasteiger partial charge >= 0.3 is 6.01 Å². The molecule has 8 heteroatoms. The maximum Gasteiger partial charge on any atom is 0.306 e. The molecule has 0 aliphatic heterocycles. The largest absolute Gasteiger partial charge is 0.432 e. The fourth-order valence-corrected chi connectivity index (χ4v) is 4.46. The molecule has 2 aromatic carbocycles. The second-order valence-corrected chi connectivity index (χ2v) is 8.43. The lowest BCUT2D eigenvalue weighted by Crippen LogP contribution is -2.23. The van der Waals surface area contributed by atoms with E-state index in [0.29, 0.717) is 17.1 Å². The molecule has 0 saturated carbocycles. The number of primary sulfonamides is 1. The maximum atomic E-state index is 12.5. The predicted octanol–water partition coefficient (Wildman–Crippen LogP) is 4.23. The average Bonchev–Trinajstić information content (AvgIpc) is 3.25. The standard InChI is InChI=1S/C22H20N4O3S/c1-16-7-8-18(21(30(23,27)28)17-5-3-2-4-6-17)15-20(16)26(22-25-13-14-29-22)19-9-11-24-12-10-19/h2-15,21H,1H3,(H2,23,27,28). The summed E-state index contributed by atoms with van der Waals surface area (Å²) in [5.41, 5.74) is 3.57. The molecular weight excluding hydrogens is 400 g/mol. The van der Waals surface area contributed by atoms with E-state index in [4.69, 9.17) is 9.56 Å². The number of benzene rings is 2. The summed E-state index contributed by atoms with van der Waals surface area (Å²) in [5, 5.41) is 4.63. The Labute approximate surface area is 174 Å². The molecule has 7 nitrogen and oxygen atoms in total. The van der Waals surface area contributed by atoms with Gasteiger partial charge in [-0.1, -0.05) is 42.5 Å². The Morgan fingerprint density at radius 2 is 1.70 bits per heavy atom. The van der Waals surface area contributed by atoms with Crippen LogP contribution in [0.25, 0.3) is 0 Å². The highest BCUT2D eigenvalue weighted by Crippen LogP contribution is 2.38. The lowest BCUT2D eigenvalue weighted by Gasteiger charge is -2.25. The van der Waals surface area contributed by atoms with E-state index in [1.54, 1.807) is 48.9 Å². The Bertz CT molecular complexity index is 1230. The number of pyridine rings is 1. The molecule has 30 heavy (non-hydrogen) atoms. The molecule has 0 aliphatic carbocycles. The number of oxazole rings is 1. The first-order chi connectivity index (χ1) is 14.4. The molecule has 4 rings (SSSR count). The minimum atomic E-state index is -3.91. The van der Waals surface area contributed by atoms with E-state index >= 15 is 0 Å². The quantitative estimate of drug-likeness (QED) is 0.501. The lowest BCUT2D eigenvalue weighted by molar-refractivity contribution is 0.565. The highest BCUT2D eigenvalue weighted by molar-refractivity contribution is 7.89. The molecule has 0 amide bonds. The minimum Gasteiger partial charge on any atom is -0.432 e. The van der Waals surface area contributed by atoms with E-state index in [0.717, 1.165) is 16.9 Å². The zero-order valence-corrected chi connectivity index (χ0v) is 17.0. The molecule has 2 aromatic heterocycles. The maximum absolute atomic E-state index is 12.5. The normalized spacial score (nSPS) is 12.5. The van der Waals surface area contributed by atoms with Gasteiger partial charge in [-0.25, -0.2) is 18.5 Å². The van der Waals surface area contributed by atoms with Crippen LogP contribution in [0.2, 0.25) is 0 Å². The van der Waals surface area contributed by atoms with Gasteiger partial charge in [0, 0.05) is 12.4 Å². The van der Waals surface area contributed by atoms with Gasteiger partial charge in [-0.15, -0.1) is 0 Å². The number of hydrogen-bond acceptors (Lipinski definition) is 6. The average molecular weight is 420 g/mol. The van der Waals surface area contributed by atoms with E-state index in [9.17, 15) is 8.42 Å². The number of aryl methyl sites for hydroxylation is 1. The van der Waals surface area contributed by atoms with Crippen molar-refractivity contribution in [2.24, 2.45) is 5.14 Å². The highest BCUT2D eigenvalue weighted by atomic mass is 32.2. The summed E-state index contributed by atoms with van der Waals surface area (Å²) < 4.78 is 30.6. The Balaban J connectivity index is 1.90. The van der Waals surface area contributed by atoms with Crippen molar-refractivity contribution >= 4 is 27.4 Å². The van der Waals surface area contributed by atoms with Crippen molar-refractivity contribution < 1.29 is 12.8 Å². The number of nitrogens with two attached hydrogens (primary N) is 1. The SMILES string of the molecule is Cc1ccc(C(c2ccccc2)S(N)(=O)=O)cc1N(c1ccncc1)c1ncco1. The Morgan fingerprint density at radius 1 is 0.967 bits per heavy atom. The molecule has 2 N–H and O–H groups in total. The summed E-state index contributed by atoms with van der Waals surface area (Å²) in [6, 6.07) is 18.4. The third-order valence-electron chi connectivity index (χ3n) is 4.74. The molecule has 0 saturated heterocycles.